The number of H-pyrrole nitrogens is 1. The second-order valence-corrected chi connectivity index (χ2v) is 7.96. The van der Waals surface area contributed by atoms with Gasteiger partial charge in [0.25, 0.3) is 0 Å². The van der Waals surface area contributed by atoms with Crippen LogP contribution in [0.4, 0.5) is 0 Å². The van der Waals surface area contributed by atoms with Gasteiger partial charge in [0.15, 0.2) is 0 Å². The number of nitrogens with one attached hydrogen (secondary N) is 4. The molecule has 1 fully saturated rings. The molecule has 1 aromatic carbocycles. The summed E-state index contributed by atoms with van der Waals surface area (Å²) in [5, 5.41) is 11.4. The number of aromatic amines is 1. The van der Waals surface area contributed by atoms with Gasteiger partial charge in [-0.15, -0.1) is 24.8 Å². The summed E-state index contributed by atoms with van der Waals surface area (Å²) in [6.45, 7) is 3.90. The first-order valence-corrected chi connectivity index (χ1v) is 11.1. The van der Waals surface area contributed by atoms with E-state index in [0.717, 1.165) is 57.0 Å². The molecule has 1 amide bonds. The monoisotopic (exact) mass is 456 g/mol. The lowest BCUT2D eigenvalue weighted by atomic mass is 9.95. The molecule has 30 heavy (non-hydrogen) atoms. The summed E-state index contributed by atoms with van der Waals surface area (Å²) in [5.41, 5.74) is 2.36. The van der Waals surface area contributed by atoms with Crippen molar-refractivity contribution in [2.45, 2.75) is 63.8 Å². The van der Waals surface area contributed by atoms with E-state index in [9.17, 15) is 4.79 Å². The maximum Gasteiger partial charge on any atom is 0.220 e. The maximum atomic E-state index is 12.1. The number of carbonyl (C=O) groups is 1. The molecule has 170 valence electrons. The summed E-state index contributed by atoms with van der Waals surface area (Å²) in [7, 11) is 0. The van der Waals surface area contributed by atoms with Gasteiger partial charge in [0.1, 0.15) is 0 Å². The van der Waals surface area contributed by atoms with E-state index in [1.165, 1.54) is 43.1 Å². The van der Waals surface area contributed by atoms with E-state index in [1.54, 1.807) is 0 Å². The fraction of sp³-hybridized carbons (Fsp3) is 0.609. The van der Waals surface area contributed by atoms with Gasteiger partial charge >= 0.3 is 0 Å². The van der Waals surface area contributed by atoms with Crippen LogP contribution in [-0.4, -0.2) is 43.1 Å². The molecule has 2 aromatic rings. The number of benzene rings is 1. The third-order valence-corrected chi connectivity index (χ3v) is 5.74. The van der Waals surface area contributed by atoms with Crippen molar-refractivity contribution in [3.05, 3.63) is 36.0 Å². The average molecular weight is 457 g/mol. The molecular formula is C23H38Cl2N4O. The molecule has 0 atom stereocenters. The van der Waals surface area contributed by atoms with Gasteiger partial charge in [-0.2, -0.15) is 0 Å². The third kappa shape index (κ3) is 9.25. The number of hydrogen-bond acceptors (Lipinski definition) is 3. The highest BCUT2D eigenvalue weighted by molar-refractivity contribution is 5.86. The van der Waals surface area contributed by atoms with E-state index in [-0.39, 0.29) is 30.7 Å². The topological polar surface area (TPSA) is 69.0 Å². The van der Waals surface area contributed by atoms with Gasteiger partial charge in [0.2, 0.25) is 5.91 Å². The molecule has 3 rings (SSSR count). The molecule has 1 aromatic heterocycles. The second kappa shape index (κ2) is 15.5. The van der Waals surface area contributed by atoms with Gasteiger partial charge in [0, 0.05) is 49.2 Å². The van der Waals surface area contributed by atoms with Gasteiger partial charge in [-0.05, 0) is 50.3 Å². The molecule has 4 N–H and O–H groups in total. The zero-order valence-corrected chi connectivity index (χ0v) is 19.5. The standard InChI is InChI=1S/C23H36N4O.2ClH/c28-23(13-12-19-18-27-22-11-5-4-10-21(19)22)26-15-7-6-14-24-16-17-25-20-8-2-1-3-9-20;;/h4-5,10-11,18,20,24-25,27H,1-3,6-9,12-17H2,(H,26,28);2*1H. The Morgan fingerprint density at radius 2 is 1.73 bits per heavy atom. The van der Waals surface area contributed by atoms with Crippen molar-refractivity contribution in [1.82, 2.24) is 20.9 Å². The number of carbonyl (C=O) groups excluding carboxylic acids is 1. The predicted molar refractivity (Wildman–Crippen MR) is 131 cm³/mol. The minimum absolute atomic E-state index is 0. The molecule has 0 aliphatic heterocycles. The zero-order chi connectivity index (χ0) is 19.4. The number of para-hydroxylation sites is 1. The van der Waals surface area contributed by atoms with Crippen molar-refractivity contribution < 1.29 is 4.79 Å². The van der Waals surface area contributed by atoms with E-state index in [0.29, 0.717) is 6.42 Å². The second-order valence-electron chi connectivity index (χ2n) is 7.96. The zero-order valence-electron chi connectivity index (χ0n) is 17.9. The number of aryl methyl sites for hydroxylation is 1. The van der Waals surface area contributed by atoms with Crippen molar-refractivity contribution in [3.8, 4) is 0 Å². The Hall–Kier alpha value is -1.27. The Kier molecular flexibility index (Phi) is 13.8. The number of unbranched alkanes of at least 4 members (excludes halogenated alkanes) is 1. The molecule has 0 unspecified atom stereocenters. The quantitative estimate of drug-likeness (QED) is 0.358. The van der Waals surface area contributed by atoms with Gasteiger partial charge in [-0.3, -0.25) is 4.79 Å². The average Bonchev–Trinajstić information content (AvgIpc) is 3.15. The van der Waals surface area contributed by atoms with Crippen LogP contribution in [0.3, 0.4) is 0 Å². The summed E-state index contributed by atoms with van der Waals surface area (Å²) in [5.74, 6) is 0.148. The molecule has 0 bridgehead atoms. The predicted octanol–water partition coefficient (Wildman–Crippen LogP) is 4.35. The van der Waals surface area contributed by atoms with Crippen LogP contribution in [0.2, 0.25) is 0 Å². The van der Waals surface area contributed by atoms with Crippen LogP contribution in [0, 0.1) is 0 Å². The lowest BCUT2D eigenvalue weighted by molar-refractivity contribution is -0.121. The van der Waals surface area contributed by atoms with E-state index in [4.69, 9.17) is 0 Å². The summed E-state index contributed by atoms with van der Waals surface area (Å²) < 4.78 is 0. The molecule has 1 saturated carbocycles. The summed E-state index contributed by atoms with van der Waals surface area (Å²) in [4.78, 5) is 15.3. The van der Waals surface area contributed by atoms with Crippen molar-refractivity contribution in [3.63, 3.8) is 0 Å². The fourth-order valence-corrected chi connectivity index (χ4v) is 4.07. The summed E-state index contributed by atoms with van der Waals surface area (Å²) >= 11 is 0. The smallest absolute Gasteiger partial charge is 0.220 e. The molecule has 0 saturated heterocycles. The minimum atomic E-state index is 0. The highest BCUT2D eigenvalue weighted by atomic mass is 35.5. The van der Waals surface area contributed by atoms with Crippen LogP contribution in [0.15, 0.2) is 30.5 Å². The first-order chi connectivity index (χ1) is 13.8. The first-order valence-electron chi connectivity index (χ1n) is 11.1. The highest BCUT2D eigenvalue weighted by Gasteiger charge is 2.11. The number of aromatic nitrogens is 1. The Labute approximate surface area is 193 Å². The van der Waals surface area contributed by atoms with Crippen LogP contribution in [0.25, 0.3) is 10.9 Å². The molecule has 7 heteroatoms. The summed E-state index contributed by atoms with van der Waals surface area (Å²) in [6.07, 6.45) is 12.4. The summed E-state index contributed by atoms with van der Waals surface area (Å²) in [6, 6.07) is 8.99. The van der Waals surface area contributed by atoms with Crippen molar-refractivity contribution in [2.75, 3.05) is 26.2 Å². The molecule has 0 spiro atoms. The van der Waals surface area contributed by atoms with E-state index >= 15 is 0 Å². The number of amides is 1. The first kappa shape index (κ1) is 26.8. The van der Waals surface area contributed by atoms with Crippen molar-refractivity contribution in [1.29, 1.82) is 0 Å². The Morgan fingerprint density at radius 1 is 0.967 bits per heavy atom. The fourth-order valence-electron chi connectivity index (χ4n) is 4.07. The largest absolute Gasteiger partial charge is 0.361 e. The van der Waals surface area contributed by atoms with E-state index < -0.39 is 0 Å². The Bertz CT molecular complexity index is 716. The molecule has 1 aliphatic carbocycles. The normalized spacial score (nSPS) is 14.1. The van der Waals surface area contributed by atoms with Crippen molar-refractivity contribution in [2.24, 2.45) is 0 Å². The maximum absolute atomic E-state index is 12.1. The SMILES string of the molecule is Cl.Cl.O=C(CCc1c[nH]c2ccccc12)NCCCCNCCNC1CCCCC1. The Morgan fingerprint density at radius 3 is 2.57 bits per heavy atom. The lowest BCUT2D eigenvalue weighted by Gasteiger charge is -2.22. The van der Waals surface area contributed by atoms with E-state index in [2.05, 4.69) is 33.1 Å². The van der Waals surface area contributed by atoms with Gasteiger partial charge < -0.3 is 20.9 Å². The molecule has 5 nitrogen and oxygen atoms in total. The number of halogens is 2. The Balaban J connectivity index is 0.00000225. The molecule has 0 radical (unpaired) electrons. The number of fused-ring (bicyclic) bond motifs is 1. The van der Waals surface area contributed by atoms with Gasteiger partial charge in [0.05, 0.1) is 0 Å². The lowest BCUT2D eigenvalue weighted by Crippen LogP contribution is -2.36. The van der Waals surface area contributed by atoms with Crippen LogP contribution < -0.4 is 16.0 Å². The van der Waals surface area contributed by atoms with Crippen LogP contribution in [-0.2, 0) is 11.2 Å². The molecular weight excluding hydrogens is 419 g/mol. The molecule has 1 heterocycles. The van der Waals surface area contributed by atoms with Crippen LogP contribution >= 0.6 is 24.8 Å². The van der Waals surface area contributed by atoms with E-state index in [1.807, 2.05) is 18.3 Å². The van der Waals surface area contributed by atoms with Crippen LogP contribution in [0.1, 0.15) is 56.9 Å². The molecule has 1 aliphatic rings. The third-order valence-electron chi connectivity index (χ3n) is 5.74. The highest BCUT2D eigenvalue weighted by Crippen LogP contribution is 2.19. The van der Waals surface area contributed by atoms with Gasteiger partial charge in [-0.1, -0.05) is 37.5 Å². The minimum Gasteiger partial charge on any atom is -0.361 e. The van der Waals surface area contributed by atoms with Crippen LogP contribution in [0.5, 0.6) is 0 Å². The van der Waals surface area contributed by atoms with Crippen molar-refractivity contribution >= 4 is 41.6 Å². The number of hydrogen-bond donors (Lipinski definition) is 4. The number of rotatable bonds is 12. The van der Waals surface area contributed by atoms with Gasteiger partial charge in [-0.25, -0.2) is 0 Å².